The van der Waals surface area contributed by atoms with Crippen molar-refractivity contribution in [3.8, 4) is 5.75 Å². The van der Waals surface area contributed by atoms with Crippen molar-refractivity contribution in [1.29, 1.82) is 0 Å². The summed E-state index contributed by atoms with van der Waals surface area (Å²) in [6.07, 6.45) is -0.0000844. The average molecular weight is 401 g/mol. The lowest BCUT2D eigenvalue weighted by Crippen LogP contribution is -2.51. The number of rotatable bonds is 6. The van der Waals surface area contributed by atoms with Crippen LogP contribution in [0.2, 0.25) is 5.02 Å². The van der Waals surface area contributed by atoms with E-state index in [1.807, 2.05) is 0 Å². The van der Waals surface area contributed by atoms with E-state index in [1.54, 1.807) is 24.3 Å². The normalized spacial score (nSPS) is 13.6. The van der Waals surface area contributed by atoms with Crippen molar-refractivity contribution in [2.75, 3.05) is 13.7 Å². The Morgan fingerprint density at radius 2 is 1.50 bits per heavy atom. The van der Waals surface area contributed by atoms with E-state index in [9.17, 15) is 19.2 Å². The zero-order valence-corrected chi connectivity index (χ0v) is 15.8. The van der Waals surface area contributed by atoms with E-state index < -0.39 is 30.0 Å². The van der Waals surface area contributed by atoms with Gasteiger partial charge in [0, 0.05) is 29.0 Å². The fourth-order valence-corrected chi connectivity index (χ4v) is 2.94. The number of amides is 3. The van der Waals surface area contributed by atoms with E-state index in [0.717, 1.165) is 10.0 Å². The van der Waals surface area contributed by atoms with E-state index >= 15 is 0 Å². The fraction of sp³-hybridized carbons (Fsp3) is 0.200. The highest BCUT2D eigenvalue weighted by Crippen LogP contribution is 2.20. The van der Waals surface area contributed by atoms with Crippen molar-refractivity contribution in [1.82, 2.24) is 10.0 Å². The molecule has 7 nitrogen and oxygen atoms in total. The first-order valence-corrected chi connectivity index (χ1v) is 8.89. The van der Waals surface area contributed by atoms with Crippen LogP contribution in [0.4, 0.5) is 0 Å². The Labute approximate surface area is 166 Å². The van der Waals surface area contributed by atoms with Crippen LogP contribution in [0.5, 0.6) is 5.75 Å². The molecule has 0 N–H and O–H groups in total. The van der Waals surface area contributed by atoms with Crippen molar-refractivity contribution >= 4 is 35.1 Å². The summed E-state index contributed by atoms with van der Waals surface area (Å²) in [5.41, 5.74) is 0.535. The van der Waals surface area contributed by atoms with Gasteiger partial charge < -0.3 is 4.74 Å². The molecule has 0 spiro atoms. The first-order chi connectivity index (χ1) is 13.4. The number of hydrogen-bond acceptors (Lipinski definition) is 5. The second kappa shape index (κ2) is 8.22. The predicted molar refractivity (Wildman–Crippen MR) is 101 cm³/mol. The molecule has 1 fully saturated rings. The molecular formula is C20H17ClN2O5. The molecule has 1 heterocycles. The van der Waals surface area contributed by atoms with Gasteiger partial charge in [-0.15, -0.1) is 0 Å². The zero-order valence-electron chi connectivity index (χ0n) is 15.1. The van der Waals surface area contributed by atoms with Gasteiger partial charge in [-0.3, -0.25) is 19.2 Å². The molecule has 1 saturated heterocycles. The largest absolute Gasteiger partial charge is 0.497 e. The molecule has 2 aromatic rings. The molecule has 0 atom stereocenters. The number of benzene rings is 2. The summed E-state index contributed by atoms with van der Waals surface area (Å²) in [5.74, 6) is -1.51. The monoisotopic (exact) mass is 400 g/mol. The van der Waals surface area contributed by atoms with Crippen LogP contribution in [0.3, 0.4) is 0 Å². The third kappa shape index (κ3) is 4.04. The third-order valence-electron chi connectivity index (χ3n) is 4.30. The van der Waals surface area contributed by atoms with Gasteiger partial charge in [0.25, 0.3) is 5.91 Å². The average Bonchev–Trinajstić information content (AvgIpc) is 3.04. The Morgan fingerprint density at radius 1 is 0.964 bits per heavy atom. The predicted octanol–water partition coefficient (Wildman–Crippen LogP) is 2.74. The molecule has 28 heavy (non-hydrogen) atoms. The molecule has 1 aliphatic rings. The van der Waals surface area contributed by atoms with Gasteiger partial charge in [0.1, 0.15) is 12.3 Å². The number of carbonyl (C=O) groups is 4. The van der Waals surface area contributed by atoms with E-state index in [-0.39, 0.29) is 18.4 Å². The maximum atomic E-state index is 13.0. The molecular weight excluding hydrogens is 384 g/mol. The number of methoxy groups -OCH3 is 1. The van der Waals surface area contributed by atoms with Crippen molar-refractivity contribution in [2.24, 2.45) is 0 Å². The summed E-state index contributed by atoms with van der Waals surface area (Å²) < 4.78 is 5.06. The SMILES string of the molecule is COc1ccc(C(=O)CN(C(=O)c2ccc(Cl)cc2)N2C(=O)CCC2=O)cc1. The van der Waals surface area contributed by atoms with Crippen LogP contribution < -0.4 is 4.74 Å². The van der Waals surface area contributed by atoms with Gasteiger partial charge in [-0.05, 0) is 48.5 Å². The summed E-state index contributed by atoms with van der Waals surface area (Å²) in [4.78, 5) is 50.0. The lowest BCUT2D eigenvalue weighted by atomic mass is 10.1. The van der Waals surface area contributed by atoms with Gasteiger partial charge in [0.05, 0.1) is 7.11 Å². The standard InChI is InChI=1S/C20H17ClN2O5/c1-28-16-8-4-13(5-9-16)17(24)12-22(23-18(25)10-11-19(23)26)20(27)14-2-6-15(21)7-3-14/h2-9H,10-12H2,1H3. The van der Waals surface area contributed by atoms with Gasteiger partial charge in [-0.2, -0.15) is 5.01 Å². The maximum absolute atomic E-state index is 13.0. The minimum Gasteiger partial charge on any atom is -0.497 e. The zero-order chi connectivity index (χ0) is 20.3. The second-order valence-corrected chi connectivity index (χ2v) is 6.56. The van der Waals surface area contributed by atoms with Crippen LogP contribution in [-0.4, -0.2) is 47.2 Å². The summed E-state index contributed by atoms with van der Waals surface area (Å²) in [7, 11) is 1.51. The van der Waals surface area contributed by atoms with Crippen molar-refractivity contribution in [2.45, 2.75) is 12.8 Å². The van der Waals surface area contributed by atoms with Crippen LogP contribution in [0, 0.1) is 0 Å². The molecule has 3 amide bonds. The van der Waals surface area contributed by atoms with E-state index in [1.165, 1.54) is 31.4 Å². The lowest BCUT2D eigenvalue weighted by molar-refractivity contribution is -0.152. The third-order valence-corrected chi connectivity index (χ3v) is 4.55. The Bertz CT molecular complexity index is 909. The van der Waals surface area contributed by atoms with E-state index in [0.29, 0.717) is 16.3 Å². The topological polar surface area (TPSA) is 84.0 Å². The molecule has 0 radical (unpaired) electrons. The summed E-state index contributed by atoms with van der Waals surface area (Å²) >= 11 is 5.85. The molecule has 0 bridgehead atoms. The van der Waals surface area contributed by atoms with Crippen LogP contribution in [0.1, 0.15) is 33.6 Å². The lowest BCUT2D eigenvalue weighted by Gasteiger charge is -2.29. The maximum Gasteiger partial charge on any atom is 0.273 e. The summed E-state index contributed by atoms with van der Waals surface area (Å²) in [5, 5.41) is 2.09. The molecule has 144 valence electrons. The second-order valence-electron chi connectivity index (χ2n) is 6.12. The molecule has 3 rings (SSSR count). The number of halogens is 1. The number of imide groups is 1. The molecule has 1 aliphatic heterocycles. The molecule has 8 heteroatoms. The van der Waals surface area contributed by atoms with E-state index in [2.05, 4.69) is 0 Å². The number of ketones is 1. The van der Waals surface area contributed by atoms with E-state index in [4.69, 9.17) is 16.3 Å². The molecule has 0 aliphatic carbocycles. The molecule has 0 unspecified atom stereocenters. The minimum atomic E-state index is -0.637. The van der Waals surface area contributed by atoms with Crippen molar-refractivity contribution in [3.05, 3.63) is 64.7 Å². The molecule has 0 aromatic heterocycles. The highest BCUT2D eigenvalue weighted by Gasteiger charge is 2.38. The smallest absolute Gasteiger partial charge is 0.273 e. The van der Waals surface area contributed by atoms with Gasteiger partial charge in [0.2, 0.25) is 11.8 Å². The number of hydrogen-bond donors (Lipinski definition) is 0. The Hall–Kier alpha value is -3.19. The van der Waals surface area contributed by atoms with Crippen molar-refractivity contribution in [3.63, 3.8) is 0 Å². The Morgan fingerprint density at radius 3 is 2.04 bits per heavy atom. The fourth-order valence-electron chi connectivity index (χ4n) is 2.81. The van der Waals surface area contributed by atoms with Crippen LogP contribution in [0.25, 0.3) is 0 Å². The number of Topliss-reactive ketones (excluding diaryl/α,β-unsaturated/α-hetero) is 1. The Kier molecular flexibility index (Phi) is 5.75. The first-order valence-electron chi connectivity index (χ1n) is 8.51. The van der Waals surface area contributed by atoms with Gasteiger partial charge >= 0.3 is 0 Å². The molecule has 2 aromatic carbocycles. The summed E-state index contributed by atoms with van der Waals surface area (Å²) in [6, 6.07) is 12.3. The number of nitrogens with zero attached hydrogens (tertiary/aromatic N) is 2. The number of carbonyl (C=O) groups excluding carboxylic acids is 4. The van der Waals surface area contributed by atoms with Crippen LogP contribution in [0.15, 0.2) is 48.5 Å². The Balaban J connectivity index is 1.90. The highest BCUT2D eigenvalue weighted by atomic mass is 35.5. The quantitative estimate of drug-likeness (QED) is 0.550. The van der Waals surface area contributed by atoms with Gasteiger partial charge in [-0.25, -0.2) is 5.01 Å². The summed E-state index contributed by atoms with van der Waals surface area (Å²) in [6.45, 7) is -0.453. The first kappa shape index (κ1) is 19.6. The molecule has 0 saturated carbocycles. The highest BCUT2D eigenvalue weighted by molar-refractivity contribution is 6.30. The van der Waals surface area contributed by atoms with Crippen LogP contribution >= 0.6 is 11.6 Å². The minimum absolute atomic E-state index is 0.0000422. The van der Waals surface area contributed by atoms with Gasteiger partial charge in [-0.1, -0.05) is 11.6 Å². The van der Waals surface area contributed by atoms with Crippen LogP contribution in [-0.2, 0) is 9.59 Å². The van der Waals surface area contributed by atoms with Crippen molar-refractivity contribution < 1.29 is 23.9 Å². The number of ether oxygens (including phenoxy) is 1. The number of hydrazine groups is 1. The van der Waals surface area contributed by atoms with Gasteiger partial charge in [0.15, 0.2) is 5.78 Å².